The maximum Gasteiger partial charge on any atom is 0.212 e. The highest BCUT2D eigenvalue weighted by Gasteiger charge is 1.97. The molecule has 5 heteroatoms. The van der Waals surface area contributed by atoms with Gasteiger partial charge in [0, 0.05) is 6.04 Å². The number of terminal acetylenes is 1. The lowest BCUT2D eigenvalue weighted by Crippen LogP contribution is -2.25. The van der Waals surface area contributed by atoms with Gasteiger partial charge < -0.3 is 11.1 Å². The molecule has 0 aromatic rings. The molecule has 11 heavy (non-hydrogen) atoms. The fourth-order valence-corrected chi connectivity index (χ4v) is 0.716. The number of carbonyl (C=O) groups is 1. The number of hydrogen-bond donors (Lipinski definition) is 3. The molecular weight excluding hydrogens is 162 g/mol. The van der Waals surface area contributed by atoms with Crippen molar-refractivity contribution in [2.75, 3.05) is 6.26 Å². The van der Waals surface area contributed by atoms with Crippen LogP contribution in [0.4, 0.5) is 0 Å². The third-order valence-electron chi connectivity index (χ3n) is 0.867. The molecule has 0 spiro atoms. The van der Waals surface area contributed by atoms with E-state index in [1.54, 1.807) is 6.26 Å². The molecule has 0 aliphatic carbocycles. The van der Waals surface area contributed by atoms with Crippen molar-refractivity contribution in [3.63, 3.8) is 0 Å². The number of thioether (sulfide) groups is 1. The highest BCUT2D eigenvalue weighted by atomic mass is 32.2. The molecule has 0 saturated heterocycles. The first-order valence-electron chi connectivity index (χ1n) is 2.71. The van der Waals surface area contributed by atoms with E-state index in [0.717, 1.165) is 0 Å². The molecule has 0 bridgehead atoms. The van der Waals surface area contributed by atoms with Crippen LogP contribution in [0.5, 0.6) is 0 Å². The SMILES string of the molecule is C#CN/C(NC=O)=C(/N)SC. The van der Waals surface area contributed by atoms with Crippen molar-refractivity contribution >= 4 is 18.2 Å². The summed E-state index contributed by atoms with van der Waals surface area (Å²) in [5, 5.41) is 5.23. The molecule has 0 aliphatic heterocycles. The topological polar surface area (TPSA) is 67.1 Å². The maximum atomic E-state index is 9.99. The van der Waals surface area contributed by atoms with Gasteiger partial charge in [-0.1, -0.05) is 6.42 Å². The van der Waals surface area contributed by atoms with Crippen LogP contribution in [-0.4, -0.2) is 12.7 Å². The molecule has 0 rings (SSSR count). The quantitative estimate of drug-likeness (QED) is 0.299. The molecule has 0 atom stereocenters. The van der Waals surface area contributed by atoms with E-state index in [4.69, 9.17) is 12.2 Å². The Morgan fingerprint density at radius 3 is 2.82 bits per heavy atom. The Balaban J connectivity index is 4.31. The Labute approximate surface area is 69.6 Å². The van der Waals surface area contributed by atoms with Crippen LogP contribution >= 0.6 is 11.8 Å². The van der Waals surface area contributed by atoms with Crippen molar-refractivity contribution in [2.45, 2.75) is 0 Å². The van der Waals surface area contributed by atoms with E-state index < -0.39 is 0 Å². The van der Waals surface area contributed by atoms with E-state index in [0.29, 0.717) is 17.3 Å². The second-order valence-corrected chi connectivity index (χ2v) is 2.32. The van der Waals surface area contributed by atoms with Crippen LogP contribution in [0.25, 0.3) is 0 Å². The van der Waals surface area contributed by atoms with Gasteiger partial charge in [0.2, 0.25) is 6.41 Å². The van der Waals surface area contributed by atoms with Crippen molar-refractivity contribution < 1.29 is 4.79 Å². The number of amides is 1. The molecule has 0 fully saturated rings. The highest BCUT2D eigenvalue weighted by molar-refractivity contribution is 8.02. The minimum atomic E-state index is 0.343. The van der Waals surface area contributed by atoms with Gasteiger partial charge in [-0.05, 0) is 6.26 Å². The second kappa shape index (κ2) is 5.50. The predicted molar refractivity (Wildman–Crippen MR) is 45.9 cm³/mol. The van der Waals surface area contributed by atoms with Gasteiger partial charge in [-0.25, -0.2) is 0 Å². The standard InChI is InChI=1S/C6H9N3OS/c1-3-8-6(9-4-10)5(7)11-2/h1,4,8H,7H2,2H3,(H,9,10)/b6-5+. The number of nitrogens with one attached hydrogen (secondary N) is 2. The normalized spacial score (nSPS) is 10.9. The molecule has 0 aromatic heterocycles. The van der Waals surface area contributed by atoms with Gasteiger partial charge in [0.25, 0.3) is 0 Å². The lowest BCUT2D eigenvalue weighted by molar-refractivity contribution is -0.109. The summed E-state index contributed by atoms with van der Waals surface area (Å²) in [6.45, 7) is 0. The van der Waals surface area contributed by atoms with Crippen molar-refractivity contribution in [3.05, 3.63) is 10.9 Å². The van der Waals surface area contributed by atoms with Crippen LogP contribution in [0.3, 0.4) is 0 Å². The molecule has 4 N–H and O–H groups in total. The van der Waals surface area contributed by atoms with Gasteiger partial charge in [0.1, 0.15) is 10.9 Å². The maximum absolute atomic E-state index is 9.99. The summed E-state index contributed by atoms with van der Waals surface area (Å²) in [5.41, 5.74) is 5.45. The summed E-state index contributed by atoms with van der Waals surface area (Å²) in [5.74, 6) is 0.343. The molecule has 0 unspecified atom stereocenters. The van der Waals surface area contributed by atoms with E-state index in [9.17, 15) is 4.79 Å². The molecule has 1 amide bonds. The third kappa shape index (κ3) is 3.43. The Kier molecular flexibility index (Phi) is 4.86. The Morgan fingerprint density at radius 1 is 1.82 bits per heavy atom. The average Bonchev–Trinajstić information content (AvgIpc) is 2.03. The zero-order chi connectivity index (χ0) is 8.69. The fourth-order valence-electron chi connectivity index (χ4n) is 0.402. The first-order chi connectivity index (χ1) is 5.26. The lowest BCUT2D eigenvalue weighted by atomic mass is 10.7. The Bertz CT molecular complexity index is 206. The minimum absolute atomic E-state index is 0.343. The van der Waals surface area contributed by atoms with Gasteiger partial charge in [-0.3, -0.25) is 10.1 Å². The molecule has 60 valence electrons. The smallest absolute Gasteiger partial charge is 0.212 e. The number of hydrogen-bond acceptors (Lipinski definition) is 4. The van der Waals surface area contributed by atoms with Gasteiger partial charge in [-0.15, -0.1) is 11.8 Å². The van der Waals surface area contributed by atoms with Crippen molar-refractivity contribution in [1.82, 2.24) is 10.6 Å². The fraction of sp³-hybridized carbons (Fsp3) is 0.167. The molecular formula is C6H9N3OS. The summed E-state index contributed by atoms with van der Waals surface area (Å²) in [6.07, 6.45) is 7.22. The van der Waals surface area contributed by atoms with E-state index >= 15 is 0 Å². The molecule has 0 aliphatic rings. The molecule has 0 aromatic carbocycles. The third-order valence-corrected chi connectivity index (χ3v) is 1.51. The van der Waals surface area contributed by atoms with E-state index in [1.807, 2.05) is 0 Å². The molecule has 0 radical (unpaired) electrons. The van der Waals surface area contributed by atoms with E-state index in [-0.39, 0.29) is 0 Å². The van der Waals surface area contributed by atoms with Crippen LogP contribution in [0, 0.1) is 12.5 Å². The summed E-state index contributed by atoms with van der Waals surface area (Å²) < 4.78 is 0. The molecule has 0 heterocycles. The largest absolute Gasteiger partial charge is 0.391 e. The summed E-state index contributed by atoms with van der Waals surface area (Å²) in [7, 11) is 0. The predicted octanol–water partition coefficient (Wildman–Crippen LogP) is -0.639. The zero-order valence-corrected chi connectivity index (χ0v) is 6.87. The minimum Gasteiger partial charge on any atom is -0.391 e. The van der Waals surface area contributed by atoms with Crippen LogP contribution in [0.2, 0.25) is 0 Å². The van der Waals surface area contributed by atoms with Crippen molar-refractivity contribution in [2.24, 2.45) is 5.73 Å². The first-order valence-corrected chi connectivity index (χ1v) is 3.94. The zero-order valence-electron chi connectivity index (χ0n) is 6.05. The second-order valence-electron chi connectivity index (χ2n) is 1.47. The van der Waals surface area contributed by atoms with E-state index in [2.05, 4.69) is 16.7 Å². The van der Waals surface area contributed by atoms with Gasteiger partial charge >= 0.3 is 0 Å². The number of rotatable bonds is 4. The van der Waals surface area contributed by atoms with Crippen LogP contribution in [-0.2, 0) is 4.79 Å². The number of nitrogens with two attached hydrogens (primary N) is 1. The highest BCUT2D eigenvalue weighted by Crippen LogP contribution is 2.04. The van der Waals surface area contributed by atoms with Gasteiger partial charge in [0.15, 0.2) is 0 Å². The summed E-state index contributed by atoms with van der Waals surface area (Å²) in [4.78, 5) is 9.99. The van der Waals surface area contributed by atoms with Crippen LogP contribution in [0.1, 0.15) is 0 Å². The van der Waals surface area contributed by atoms with Crippen molar-refractivity contribution in [3.8, 4) is 12.5 Å². The molecule has 0 saturated carbocycles. The Hall–Kier alpha value is -1.28. The monoisotopic (exact) mass is 171 g/mol. The first kappa shape index (κ1) is 9.72. The summed E-state index contributed by atoms with van der Waals surface area (Å²) >= 11 is 1.29. The Morgan fingerprint density at radius 2 is 2.45 bits per heavy atom. The average molecular weight is 171 g/mol. The van der Waals surface area contributed by atoms with Gasteiger partial charge in [0.05, 0.1) is 0 Å². The lowest BCUT2D eigenvalue weighted by Gasteiger charge is -2.05. The van der Waals surface area contributed by atoms with Crippen LogP contribution < -0.4 is 16.4 Å². The molecule has 4 nitrogen and oxygen atoms in total. The van der Waals surface area contributed by atoms with Crippen molar-refractivity contribution in [1.29, 1.82) is 0 Å². The van der Waals surface area contributed by atoms with E-state index in [1.165, 1.54) is 11.8 Å². The van der Waals surface area contributed by atoms with Crippen LogP contribution in [0.15, 0.2) is 10.9 Å². The van der Waals surface area contributed by atoms with Gasteiger partial charge in [-0.2, -0.15) is 0 Å². The summed E-state index contributed by atoms with van der Waals surface area (Å²) in [6, 6.07) is 2.15. The number of carbonyl (C=O) groups excluding carboxylic acids is 1.